The SMILES string of the molecule is CCCC1CCC(C2CCC(c3cc(F)c(C(F)=CC(F)(F)F)c(F)c3)OC2)CC1. The lowest BCUT2D eigenvalue weighted by Crippen LogP contribution is -2.29. The van der Waals surface area contributed by atoms with Gasteiger partial charge in [-0.1, -0.05) is 32.6 Å². The fraction of sp³-hybridized carbons (Fsp3) is 0.652. The molecule has 1 aliphatic carbocycles. The predicted molar refractivity (Wildman–Crippen MR) is 103 cm³/mol. The Morgan fingerprint density at radius 3 is 2.10 bits per heavy atom. The third kappa shape index (κ3) is 5.80. The number of ether oxygens (including phenoxy) is 1. The second kappa shape index (κ2) is 9.75. The minimum Gasteiger partial charge on any atom is -0.373 e. The van der Waals surface area contributed by atoms with E-state index in [4.69, 9.17) is 4.74 Å². The first-order valence-corrected chi connectivity index (χ1v) is 10.7. The molecule has 0 N–H and O–H groups in total. The van der Waals surface area contributed by atoms with E-state index in [-0.39, 0.29) is 5.56 Å². The van der Waals surface area contributed by atoms with E-state index in [1.807, 2.05) is 0 Å². The molecule has 0 radical (unpaired) electrons. The molecule has 2 atom stereocenters. The van der Waals surface area contributed by atoms with Gasteiger partial charge in [-0.05, 0) is 61.1 Å². The third-order valence-corrected chi connectivity index (χ3v) is 6.53. The van der Waals surface area contributed by atoms with Crippen LogP contribution in [0.15, 0.2) is 18.2 Å². The first kappa shape index (κ1) is 23.2. The molecular weight excluding hydrogens is 406 g/mol. The maximum atomic E-state index is 14.2. The quantitative estimate of drug-likeness (QED) is 0.428. The summed E-state index contributed by atoms with van der Waals surface area (Å²) in [4.78, 5) is 0. The summed E-state index contributed by atoms with van der Waals surface area (Å²) in [5, 5.41) is 0. The Balaban J connectivity index is 1.62. The second-order valence-corrected chi connectivity index (χ2v) is 8.62. The van der Waals surface area contributed by atoms with Crippen molar-refractivity contribution < 1.29 is 31.1 Å². The van der Waals surface area contributed by atoms with E-state index < -0.39 is 41.4 Å². The maximum absolute atomic E-state index is 14.2. The van der Waals surface area contributed by atoms with E-state index >= 15 is 0 Å². The number of allylic oxidation sites excluding steroid dienone is 1. The third-order valence-electron chi connectivity index (χ3n) is 6.53. The topological polar surface area (TPSA) is 9.23 Å². The van der Waals surface area contributed by atoms with Crippen LogP contribution in [-0.2, 0) is 4.74 Å². The highest BCUT2D eigenvalue weighted by Gasteiger charge is 2.33. The van der Waals surface area contributed by atoms with Crippen LogP contribution >= 0.6 is 0 Å². The first-order chi connectivity index (χ1) is 14.2. The molecule has 1 saturated heterocycles. The van der Waals surface area contributed by atoms with Gasteiger partial charge >= 0.3 is 6.18 Å². The van der Waals surface area contributed by atoms with E-state index in [2.05, 4.69) is 6.92 Å². The number of hydrogen-bond acceptors (Lipinski definition) is 1. The number of rotatable bonds is 5. The molecule has 2 aliphatic rings. The highest BCUT2D eigenvalue weighted by atomic mass is 19.4. The molecule has 2 unspecified atom stereocenters. The summed E-state index contributed by atoms with van der Waals surface area (Å²) in [6, 6.07) is 1.76. The Kier molecular flexibility index (Phi) is 7.53. The predicted octanol–water partition coefficient (Wildman–Crippen LogP) is 7.91. The van der Waals surface area contributed by atoms with Gasteiger partial charge in [0.25, 0.3) is 0 Å². The summed E-state index contributed by atoms with van der Waals surface area (Å²) < 4.78 is 84.9. The zero-order valence-corrected chi connectivity index (χ0v) is 17.1. The lowest BCUT2D eigenvalue weighted by molar-refractivity contribution is -0.0798. The standard InChI is InChI=1S/C23H28F6O/c1-2-3-14-4-6-15(7-5-14)16-8-9-21(30-13-16)17-10-18(24)22(19(25)11-17)20(26)12-23(27,28)29/h10-12,14-16,21H,2-9,13H2,1H3. The van der Waals surface area contributed by atoms with Gasteiger partial charge in [-0.25, -0.2) is 13.2 Å². The molecule has 0 bridgehead atoms. The molecule has 1 aromatic rings. The molecule has 1 aromatic carbocycles. The van der Waals surface area contributed by atoms with E-state index in [0.29, 0.717) is 24.9 Å². The van der Waals surface area contributed by atoms with E-state index in [9.17, 15) is 26.3 Å². The summed E-state index contributed by atoms with van der Waals surface area (Å²) in [5.74, 6) is -2.85. The van der Waals surface area contributed by atoms with Crippen molar-refractivity contribution in [3.05, 3.63) is 41.0 Å². The van der Waals surface area contributed by atoms with Gasteiger partial charge in [-0.3, -0.25) is 0 Å². The van der Waals surface area contributed by atoms with Gasteiger partial charge in [0.15, 0.2) is 0 Å². The molecular formula is C23H28F6O. The van der Waals surface area contributed by atoms with Crippen LogP contribution in [0.25, 0.3) is 5.83 Å². The van der Waals surface area contributed by atoms with Gasteiger partial charge in [0.05, 0.1) is 24.4 Å². The van der Waals surface area contributed by atoms with Crippen molar-refractivity contribution in [2.45, 2.75) is 70.6 Å². The summed E-state index contributed by atoms with van der Waals surface area (Å²) in [5.41, 5.74) is -1.10. The molecule has 7 heteroatoms. The van der Waals surface area contributed by atoms with Crippen LogP contribution in [-0.4, -0.2) is 12.8 Å². The van der Waals surface area contributed by atoms with Crippen molar-refractivity contribution in [3.8, 4) is 0 Å². The summed E-state index contributed by atoms with van der Waals surface area (Å²) in [7, 11) is 0. The summed E-state index contributed by atoms with van der Waals surface area (Å²) in [6.45, 7) is 2.71. The molecule has 1 aliphatic heterocycles. The molecule has 1 nitrogen and oxygen atoms in total. The molecule has 1 heterocycles. The van der Waals surface area contributed by atoms with E-state index in [0.717, 1.165) is 24.5 Å². The molecule has 30 heavy (non-hydrogen) atoms. The highest BCUT2D eigenvalue weighted by molar-refractivity contribution is 5.61. The number of alkyl halides is 3. The van der Waals surface area contributed by atoms with Crippen molar-refractivity contribution in [2.75, 3.05) is 6.61 Å². The average molecular weight is 434 g/mol. The monoisotopic (exact) mass is 434 g/mol. The maximum Gasteiger partial charge on any atom is 0.412 e. The average Bonchev–Trinajstić information content (AvgIpc) is 2.67. The van der Waals surface area contributed by atoms with E-state index in [1.165, 1.54) is 38.5 Å². The Morgan fingerprint density at radius 1 is 1.00 bits per heavy atom. The van der Waals surface area contributed by atoms with Crippen molar-refractivity contribution in [2.24, 2.45) is 17.8 Å². The normalized spacial score (nSPS) is 28.6. The van der Waals surface area contributed by atoms with Crippen molar-refractivity contribution in [3.63, 3.8) is 0 Å². The van der Waals surface area contributed by atoms with Gasteiger partial charge < -0.3 is 4.74 Å². The number of benzene rings is 1. The Bertz CT molecular complexity index is 718. The van der Waals surface area contributed by atoms with Gasteiger partial charge in [0, 0.05) is 0 Å². The molecule has 2 fully saturated rings. The van der Waals surface area contributed by atoms with Gasteiger partial charge in [0.1, 0.15) is 17.5 Å². The molecule has 168 valence electrons. The van der Waals surface area contributed by atoms with Crippen LogP contribution in [0.5, 0.6) is 0 Å². The van der Waals surface area contributed by atoms with Crippen LogP contribution in [0, 0.1) is 29.4 Å². The first-order valence-electron chi connectivity index (χ1n) is 10.7. The van der Waals surface area contributed by atoms with Crippen LogP contribution in [0.1, 0.15) is 75.5 Å². The van der Waals surface area contributed by atoms with Crippen LogP contribution < -0.4 is 0 Å². The fourth-order valence-corrected chi connectivity index (χ4v) is 4.99. The Labute approximate surface area is 173 Å². The van der Waals surface area contributed by atoms with Crippen molar-refractivity contribution >= 4 is 5.83 Å². The van der Waals surface area contributed by atoms with E-state index in [1.54, 1.807) is 0 Å². The van der Waals surface area contributed by atoms with Gasteiger partial charge in [-0.2, -0.15) is 13.2 Å². The van der Waals surface area contributed by atoms with Crippen LogP contribution in [0.2, 0.25) is 0 Å². The highest BCUT2D eigenvalue weighted by Crippen LogP contribution is 2.42. The number of halogens is 6. The largest absolute Gasteiger partial charge is 0.412 e. The molecule has 1 saturated carbocycles. The second-order valence-electron chi connectivity index (χ2n) is 8.62. The summed E-state index contributed by atoms with van der Waals surface area (Å²) >= 11 is 0. The molecule has 3 rings (SSSR count). The lowest BCUT2D eigenvalue weighted by atomic mass is 9.73. The Morgan fingerprint density at radius 2 is 1.60 bits per heavy atom. The van der Waals surface area contributed by atoms with Crippen LogP contribution in [0.4, 0.5) is 26.3 Å². The summed E-state index contributed by atoms with van der Waals surface area (Å²) in [6.07, 6.45) is 2.53. The fourth-order valence-electron chi connectivity index (χ4n) is 4.99. The van der Waals surface area contributed by atoms with Gasteiger partial charge in [-0.15, -0.1) is 0 Å². The van der Waals surface area contributed by atoms with Gasteiger partial charge in [0.2, 0.25) is 0 Å². The zero-order chi connectivity index (χ0) is 21.9. The minimum absolute atomic E-state index is 0.193. The smallest absolute Gasteiger partial charge is 0.373 e. The minimum atomic E-state index is -5.00. The lowest BCUT2D eigenvalue weighted by Gasteiger charge is -2.38. The van der Waals surface area contributed by atoms with Crippen LogP contribution in [0.3, 0.4) is 0 Å². The molecule has 0 amide bonds. The number of hydrogen-bond donors (Lipinski definition) is 0. The molecule has 0 aromatic heterocycles. The molecule has 0 spiro atoms. The zero-order valence-electron chi connectivity index (χ0n) is 17.1. The van der Waals surface area contributed by atoms with Crippen molar-refractivity contribution in [1.29, 1.82) is 0 Å². The van der Waals surface area contributed by atoms with Crippen molar-refractivity contribution in [1.82, 2.24) is 0 Å². The Hall–Kier alpha value is -1.50.